The summed E-state index contributed by atoms with van der Waals surface area (Å²) in [5.41, 5.74) is 4.62. The monoisotopic (exact) mass is 427 g/mol. The Kier molecular flexibility index (Phi) is 3.99. The highest BCUT2D eigenvalue weighted by atomic mass is 16.5. The molecule has 1 saturated heterocycles. The van der Waals surface area contributed by atoms with E-state index in [0.717, 1.165) is 32.1 Å². The minimum absolute atomic E-state index is 0.0682. The van der Waals surface area contributed by atoms with Crippen molar-refractivity contribution in [3.8, 4) is 0 Å². The summed E-state index contributed by atoms with van der Waals surface area (Å²) in [6.45, 7) is 2.55. The van der Waals surface area contributed by atoms with Gasteiger partial charge in [0.1, 0.15) is 0 Å². The fraction of sp³-hybridized carbons (Fsp3) is 0.552. The Labute approximate surface area is 190 Å². The van der Waals surface area contributed by atoms with Crippen molar-refractivity contribution in [1.29, 1.82) is 0 Å². The molecule has 6 atom stereocenters. The van der Waals surface area contributed by atoms with E-state index in [4.69, 9.17) is 9.47 Å². The van der Waals surface area contributed by atoms with Gasteiger partial charge >= 0.3 is 0 Å². The van der Waals surface area contributed by atoms with E-state index >= 15 is 0 Å². The normalized spacial score (nSPS) is 42.1. The maximum absolute atomic E-state index is 7.32. The number of rotatable bonds is 2. The number of ether oxygens (including phenoxy) is 2. The van der Waals surface area contributed by atoms with E-state index in [9.17, 15) is 0 Å². The van der Waals surface area contributed by atoms with E-state index in [1.807, 2.05) is 19.5 Å². The van der Waals surface area contributed by atoms with Gasteiger partial charge in [0.25, 0.3) is 0 Å². The molecule has 32 heavy (non-hydrogen) atoms. The van der Waals surface area contributed by atoms with Gasteiger partial charge < -0.3 is 9.47 Å². The lowest BCUT2D eigenvalue weighted by molar-refractivity contribution is -0.147. The molecule has 5 aliphatic rings. The molecule has 3 aliphatic carbocycles. The van der Waals surface area contributed by atoms with Crippen LogP contribution in [0.25, 0.3) is 10.8 Å². The Morgan fingerprint density at radius 3 is 2.94 bits per heavy atom. The number of pyridine rings is 1. The third-order valence-electron chi connectivity index (χ3n) is 10.0. The van der Waals surface area contributed by atoms with Gasteiger partial charge in [-0.15, -0.1) is 0 Å². The molecule has 2 aromatic rings. The molecule has 3 fully saturated rings. The molecule has 0 radical (unpaired) electrons. The molecule has 7 rings (SSSR count). The number of hydrogen-bond donors (Lipinski definition) is 0. The zero-order valence-corrected chi connectivity index (χ0v) is 19.3. The lowest BCUT2D eigenvalue weighted by Crippen LogP contribution is -2.54. The van der Waals surface area contributed by atoms with E-state index in [-0.39, 0.29) is 16.6 Å². The second-order valence-corrected chi connectivity index (χ2v) is 11.3. The van der Waals surface area contributed by atoms with Crippen molar-refractivity contribution in [2.24, 2.45) is 11.3 Å². The van der Waals surface area contributed by atoms with E-state index < -0.39 is 0 Å². The molecule has 2 saturated carbocycles. The summed E-state index contributed by atoms with van der Waals surface area (Å²) in [6.07, 6.45) is 18.7. The molecule has 2 spiro atoms. The van der Waals surface area contributed by atoms with Crippen molar-refractivity contribution in [1.82, 2.24) is 4.98 Å². The Hall–Kier alpha value is -1.97. The third kappa shape index (κ3) is 2.42. The van der Waals surface area contributed by atoms with Crippen LogP contribution < -0.4 is 0 Å². The number of nitrogens with zero attached hydrogens (tertiary/aromatic N) is 1. The predicted molar refractivity (Wildman–Crippen MR) is 127 cm³/mol. The van der Waals surface area contributed by atoms with Crippen molar-refractivity contribution in [3.63, 3.8) is 0 Å². The molecule has 1 aromatic carbocycles. The highest BCUT2D eigenvalue weighted by molar-refractivity contribution is 5.82. The Morgan fingerprint density at radius 1 is 1.09 bits per heavy atom. The maximum Gasteiger partial charge on any atom is 0.0974 e. The fourth-order valence-corrected chi connectivity index (χ4v) is 8.43. The van der Waals surface area contributed by atoms with E-state index in [0.29, 0.717) is 17.9 Å². The predicted octanol–water partition coefficient (Wildman–Crippen LogP) is 6.49. The number of methoxy groups -OCH3 is 1. The van der Waals surface area contributed by atoms with Crippen LogP contribution >= 0.6 is 0 Å². The van der Waals surface area contributed by atoms with Gasteiger partial charge in [-0.05, 0) is 96.4 Å². The lowest BCUT2D eigenvalue weighted by atomic mass is 9.58. The molecule has 2 aliphatic heterocycles. The number of fused-ring (bicyclic) bond motifs is 2. The number of benzene rings is 1. The zero-order chi connectivity index (χ0) is 21.6. The SMILES string of the molecule is CO[C@H]1CCC2=CC3=CCC4(C)C(c5ccc6ccncc6c5)CC[C@H]4[C@@]34CC[C@]2(C1)O4. The third-order valence-corrected chi connectivity index (χ3v) is 10.0. The summed E-state index contributed by atoms with van der Waals surface area (Å²) in [4.78, 5) is 4.37. The van der Waals surface area contributed by atoms with Crippen LogP contribution in [0, 0.1) is 11.3 Å². The van der Waals surface area contributed by atoms with Gasteiger partial charge in [-0.1, -0.05) is 31.2 Å². The Bertz CT molecular complexity index is 1170. The van der Waals surface area contributed by atoms with Crippen molar-refractivity contribution >= 4 is 10.8 Å². The lowest BCUT2D eigenvalue weighted by Gasteiger charge is -2.54. The number of aromatic nitrogens is 1. The first kappa shape index (κ1) is 19.5. The first-order valence-electron chi connectivity index (χ1n) is 12.5. The molecule has 3 heteroatoms. The topological polar surface area (TPSA) is 31.4 Å². The first-order chi connectivity index (χ1) is 15.6. The van der Waals surface area contributed by atoms with E-state index in [2.05, 4.69) is 48.3 Å². The minimum atomic E-state index is -0.0840. The van der Waals surface area contributed by atoms with Crippen LogP contribution in [0.1, 0.15) is 69.8 Å². The molecule has 166 valence electrons. The fourth-order valence-electron chi connectivity index (χ4n) is 8.43. The van der Waals surface area contributed by atoms with E-state index in [1.165, 1.54) is 41.2 Å². The van der Waals surface area contributed by atoms with Crippen LogP contribution in [0.15, 0.2) is 60.0 Å². The summed E-state index contributed by atoms with van der Waals surface area (Å²) in [5, 5.41) is 2.54. The summed E-state index contributed by atoms with van der Waals surface area (Å²) in [5.74, 6) is 1.16. The molecule has 1 aromatic heterocycles. The zero-order valence-electron chi connectivity index (χ0n) is 19.3. The summed E-state index contributed by atoms with van der Waals surface area (Å²) < 4.78 is 13.1. The van der Waals surface area contributed by atoms with Crippen LogP contribution in [0.5, 0.6) is 0 Å². The van der Waals surface area contributed by atoms with Crippen molar-refractivity contribution < 1.29 is 9.47 Å². The molecule has 0 amide bonds. The molecule has 3 nitrogen and oxygen atoms in total. The van der Waals surface area contributed by atoms with Gasteiger partial charge in [0.05, 0.1) is 17.3 Å². The maximum atomic E-state index is 7.32. The van der Waals surface area contributed by atoms with Gasteiger partial charge in [-0.3, -0.25) is 4.98 Å². The summed E-state index contributed by atoms with van der Waals surface area (Å²) >= 11 is 0. The van der Waals surface area contributed by atoms with Crippen LogP contribution in [-0.2, 0) is 9.47 Å². The smallest absolute Gasteiger partial charge is 0.0974 e. The average molecular weight is 428 g/mol. The van der Waals surface area contributed by atoms with Crippen molar-refractivity contribution in [2.75, 3.05) is 7.11 Å². The van der Waals surface area contributed by atoms with Gasteiger partial charge in [0, 0.05) is 31.3 Å². The minimum Gasteiger partial charge on any atom is -0.381 e. The van der Waals surface area contributed by atoms with E-state index in [1.54, 1.807) is 5.57 Å². The standard InChI is InChI=1S/C29H33NO2/c1-27-11-9-23-16-22-5-6-24(31-2)17-28(22)12-13-29(23,32-28)26(27)8-7-25(27)20-4-3-19-10-14-30-18-21(19)15-20/h3-4,9-10,14-16,18,24-26H,5-8,11-13,17H2,1-2H3/t24-,25?,26+,27?,28+,29+/m0/s1. The molecular weight excluding hydrogens is 394 g/mol. The number of allylic oxidation sites excluding steroid dienone is 1. The Balaban J connectivity index is 1.29. The summed E-state index contributed by atoms with van der Waals surface area (Å²) in [7, 11) is 1.87. The van der Waals surface area contributed by atoms with Crippen LogP contribution in [-0.4, -0.2) is 29.4 Å². The van der Waals surface area contributed by atoms with Gasteiger partial charge in [-0.2, -0.15) is 0 Å². The van der Waals surface area contributed by atoms with Crippen LogP contribution in [0.3, 0.4) is 0 Å². The largest absolute Gasteiger partial charge is 0.381 e. The Morgan fingerprint density at radius 2 is 2.03 bits per heavy atom. The van der Waals surface area contributed by atoms with Crippen LogP contribution in [0.2, 0.25) is 0 Å². The highest BCUT2D eigenvalue weighted by Crippen LogP contribution is 2.69. The van der Waals surface area contributed by atoms with Gasteiger partial charge in [0.2, 0.25) is 0 Å². The molecule has 2 unspecified atom stereocenters. The second kappa shape index (κ2) is 6.55. The van der Waals surface area contributed by atoms with Gasteiger partial charge in [0.15, 0.2) is 0 Å². The second-order valence-electron chi connectivity index (χ2n) is 11.3. The molecule has 3 heterocycles. The quantitative estimate of drug-likeness (QED) is 0.549. The van der Waals surface area contributed by atoms with Gasteiger partial charge in [-0.25, -0.2) is 0 Å². The van der Waals surface area contributed by atoms with Crippen molar-refractivity contribution in [2.45, 2.75) is 81.5 Å². The molecule has 0 N–H and O–H groups in total. The molecular formula is C29H33NO2. The average Bonchev–Trinajstić information content (AvgIpc) is 3.33. The highest BCUT2D eigenvalue weighted by Gasteiger charge is 2.66. The first-order valence-corrected chi connectivity index (χ1v) is 12.5. The van der Waals surface area contributed by atoms with Crippen molar-refractivity contribution in [3.05, 3.63) is 65.5 Å². The number of hydrogen-bond acceptors (Lipinski definition) is 3. The molecule has 2 bridgehead atoms. The van der Waals surface area contributed by atoms with Crippen LogP contribution in [0.4, 0.5) is 0 Å². The summed E-state index contributed by atoms with van der Waals surface area (Å²) in [6, 6.07) is 9.17.